The van der Waals surface area contributed by atoms with Gasteiger partial charge in [-0.15, -0.1) is 0 Å². The topological polar surface area (TPSA) is 73.8 Å². The number of ether oxygens (including phenoxy) is 4. The molecule has 0 aromatic carbocycles. The second-order valence-electron chi connectivity index (χ2n) is 16.0. The molecule has 8 nitrogen and oxygen atoms in total. The molecule has 0 spiro atoms. The van der Waals surface area contributed by atoms with E-state index in [1.54, 1.807) is 0 Å². The van der Waals surface area contributed by atoms with Gasteiger partial charge in [-0.3, -0.25) is 0 Å². The molecule has 0 bridgehead atoms. The lowest BCUT2D eigenvalue weighted by molar-refractivity contribution is 0.135. The molecule has 5 aliphatic rings. The third-order valence-electron chi connectivity index (χ3n) is 12.9. The van der Waals surface area contributed by atoms with Gasteiger partial charge in [0.15, 0.2) is 0 Å². The molecule has 0 aromatic rings. The third kappa shape index (κ3) is 9.55. The van der Waals surface area contributed by atoms with Gasteiger partial charge in [0.05, 0.1) is 0 Å². The molecule has 0 atom stereocenters. The van der Waals surface area contributed by atoms with E-state index in [2.05, 4.69) is 0 Å². The molecule has 1 heterocycles. The van der Waals surface area contributed by atoms with E-state index < -0.39 is 34.2 Å². The quantitative estimate of drug-likeness (QED) is 0.145. The van der Waals surface area contributed by atoms with E-state index in [0.29, 0.717) is 48.6 Å². The Hall–Kier alpha value is 0.548. The molecule has 280 valence electrons. The van der Waals surface area contributed by atoms with Crippen LogP contribution >= 0.6 is 0 Å². The molecule has 0 unspecified atom stereocenters. The fourth-order valence-electron chi connectivity index (χ4n) is 10.3. The lowest BCUT2D eigenvalue weighted by atomic mass is 10.0. The molecule has 48 heavy (non-hydrogen) atoms. The van der Waals surface area contributed by atoms with Crippen molar-refractivity contribution in [3.8, 4) is 0 Å². The molecule has 1 aliphatic heterocycles. The van der Waals surface area contributed by atoms with Gasteiger partial charge < -0.3 is 35.4 Å². The third-order valence-corrected chi connectivity index (χ3v) is 34.9. The van der Waals surface area contributed by atoms with Crippen LogP contribution in [0.2, 0.25) is 46.3 Å². The minimum absolute atomic E-state index is 0.451. The van der Waals surface area contributed by atoms with Crippen molar-refractivity contribution in [2.45, 2.75) is 175 Å². The van der Waals surface area contributed by atoms with Gasteiger partial charge in [0.1, 0.15) is 0 Å². The van der Waals surface area contributed by atoms with Crippen molar-refractivity contribution in [2.75, 3.05) is 54.9 Å². The van der Waals surface area contributed by atoms with Crippen LogP contribution in [0.3, 0.4) is 0 Å². The summed E-state index contributed by atoms with van der Waals surface area (Å²) < 4.78 is 57.4. The molecule has 1 saturated heterocycles. The fourth-order valence-corrected chi connectivity index (χ4v) is 39.2. The normalized spacial score (nSPS) is 35.8. The Kier molecular flexibility index (Phi) is 16.2. The highest BCUT2D eigenvalue weighted by Crippen LogP contribution is 2.57. The van der Waals surface area contributed by atoms with Gasteiger partial charge in [-0.2, -0.15) is 0 Å². The Balaban J connectivity index is 1.75. The molecule has 5 fully saturated rings. The SMILES string of the molecule is COCC[Si]1(C2CCCCC2)O[Si](CCOC)(C2CCCCC2)O[Si](CCOC)(C2CCCCC2)O[Si](CCOC)(C2CCCCC2)O1. The zero-order chi connectivity index (χ0) is 33.8. The molecule has 0 amide bonds. The Morgan fingerprint density at radius 2 is 0.521 bits per heavy atom. The van der Waals surface area contributed by atoms with E-state index in [-0.39, 0.29) is 0 Å². The summed E-state index contributed by atoms with van der Waals surface area (Å²) in [7, 11) is -4.32. The lowest BCUT2D eigenvalue weighted by Crippen LogP contribution is -2.74. The molecular weight excluding hydrogens is 673 g/mol. The van der Waals surface area contributed by atoms with E-state index in [1.807, 2.05) is 28.4 Å². The van der Waals surface area contributed by atoms with Crippen LogP contribution in [-0.2, 0) is 35.4 Å². The van der Waals surface area contributed by atoms with Gasteiger partial charge in [0.2, 0.25) is 0 Å². The first-order valence-electron chi connectivity index (χ1n) is 20.3. The van der Waals surface area contributed by atoms with E-state index in [4.69, 9.17) is 35.4 Å². The molecule has 4 saturated carbocycles. The van der Waals surface area contributed by atoms with Crippen LogP contribution in [0.5, 0.6) is 0 Å². The van der Waals surface area contributed by atoms with Crippen LogP contribution in [0.1, 0.15) is 128 Å². The van der Waals surface area contributed by atoms with Crippen molar-refractivity contribution in [3.05, 3.63) is 0 Å². The van der Waals surface area contributed by atoms with Gasteiger partial charge in [-0.25, -0.2) is 0 Å². The molecule has 0 N–H and O–H groups in total. The summed E-state index contributed by atoms with van der Waals surface area (Å²) in [4.78, 5) is 0. The van der Waals surface area contributed by atoms with E-state index in [0.717, 1.165) is 24.2 Å². The zero-order valence-corrected chi connectivity index (χ0v) is 35.4. The van der Waals surface area contributed by atoms with Gasteiger partial charge in [0, 0.05) is 101 Å². The maximum Gasteiger partial charge on any atom is 0.326 e. The first kappa shape index (κ1) is 39.7. The predicted molar refractivity (Wildman–Crippen MR) is 201 cm³/mol. The average molecular weight is 745 g/mol. The summed E-state index contributed by atoms with van der Waals surface area (Å²) in [6.07, 6.45) is 25.0. The minimum Gasteiger partial charge on any atom is -0.415 e. The van der Waals surface area contributed by atoms with Crippen LogP contribution in [0, 0.1) is 0 Å². The lowest BCUT2D eigenvalue weighted by Gasteiger charge is -2.60. The van der Waals surface area contributed by atoms with Gasteiger partial charge in [0.25, 0.3) is 0 Å². The summed E-state index contributed by atoms with van der Waals surface area (Å²) in [6.45, 7) is 2.71. The van der Waals surface area contributed by atoms with Gasteiger partial charge in [-0.05, 0) is 51.4 Å². The van der Waals surface area contributed by atoms with Crippen LogP contribution in [-0.4, -0.2) is 89.1 Å². The predicted octanol–water partition coefficient (Wildman–Crippen LogP) is 9.76. The Morgan fingerprint density at radius 1 is 0.333 bits per heavy atom. The monoisotopic (exact) mass is 744 g/mol. The molecule has 5 rings (SSSR count). The second-order valence-corrected chi connectivity index (χ2v) is 31.0. The Labute approximate surface area is 298 Å². The summed E-state index contributed by atoms with van der Waals surface area (Å²) >= 11 is 0. The summed E-state index contributed by atoms with van der Waals surface area (Å²) in [6, 6.07) is 3.50. The zero-order valence-electron chi connectivity index (χ0n) is 31.4. The van der Waals surface area contributed by atoms with Crippen molar-refractivity contribution in [1.82, 2.24) is 0 Å². The van der Waals surface area contributed by atoms with E-state index >= 15 is 0 Å². The van der Waals surface area contributed by atoms with Gasteiger partial charge in [-0.1, -0.05) is 77.0 Å². The number of methoxy groups -OCH3 is 4. The van der Waals surface area contributed by atoms with Crippen molar-refractivity contribution in [2.24, 2.45) is 0 Å². The fraction of sp³-hybridized carbons (Fsp3) is 1.00. The second kappa shape index (κ2) is 19.6. The first-order chi connectivity index (χ1) is 23.5. The van der Waals surface area contributed by atoms with Crippen molar-refractivity contribution in [1.29, 1.82) is 0 Å². The molecule has 0 radical (unpaired) electrons. The Morgan fingerprint density at radius 3 is 0.688 bits per heavy atom. The number of hydrogen-bond donors (Lipinski definition) is 0. The van der Waals surface area contributed by atoms with E-state index in [9.17, 15) is 0 Å². The van der Waals surface area contributed by atoms with Crippen molar-refractivity contribution in [3.63, 3.8) is 0 Å². The summed E-state index contributed by atoms with van der Waals surface area (Å²) in [5, 5.41) is 0. The smallest absolute Gasteiger partial charge is 0.326 e. The standard InChI is InChI=1S/C36H72O8Si4/c1-37-25-29-45(33-17-9-5-10-18-33)41-46(30-26-38-2,34-19-11-6-12-20-34)43-48(32-28-40-4,36-23-15-8-16-24-36)44-47(42-45,31-27-39-3)35-21-13-7-14-22-35/h33-36H,5-32H2,1-4H3. The van der Waals surface area contributed by atoms with E-state index in [1.165, 1.54) is 128 Å². The molecule has 4 aliphatic carbocycles. The maximum absolute atomic E-state index is 8.38. The highest BCUT2D eigenvalue weighted by molar-refractivity contribution is 6.96. The molecule has 12 heteroatoms. The maximum atomic E-state index is 8.38. The van der Waals surface area contributed by atoms with Crippen molar-refractivity contribution >= 4 is 34.2 Å². The molecular formula is C36H72O8Si4. The van der Waals surface area contributed by atoms with Crippen LogP contribution in [0.15, 0.2) is 0 Å². The minimum atomic E-state index is -2.94. The number of hydrogen-bond acceptors (Lipinski definition) is 8. The molecule has 0 aromatic heterocycles. The van der Waals surface area contributed by atoms with Crippen molar-refractivity contribution < 1.29 is 35.4 Å². The Bertz CT molecular complexity index is 754. The highest BCUT2D eigenvalue weighted by Gasteiger charge is 2.68. The summed E-state index contributed by atoms with van der Waals surface area (Å²) in [5.41, 5.74) is 1.81. The van der Waals surface area contributed by atoms with Gasteiger partial charge >= 0.3 is 34.2 Å². The largest absolute Gasteiger partial charge is 0.415 e. The van der Waals surface area contributed by atoms with Crippen LogP contribution in [0.25, 0.3) is 0 Å². The van der Waals surface area contributed by atoms with Crippen LogP contribution in [0.4, 0.5) is 0 Å². The highest BCUT2D eigenvalue weighted by atomic mass is 28.5. The average Bonchev–Trinajstić information content (AvgIpc) is 3.14. The van der Waals surface area contributed by atoms with Crippen LogP contribution < -0.4 is 0 Å². The summed E-state index contributed by atoms with van der Waals surface area (Å²) in [5.74, 6) is 0. The number of rotatable bonds is 16. The first-order valence-corrected chi connectivity index (χ1v) is 28.7.